The third kappa shape index (κ3) is 2.82. The van der Waals surface area contributed by atoms with Crippen LogP contribution in [0, 0.1) is 6.92 Å². The average Bonchev–Trinajstić information content (AvgIpc) is 3.10. The molecular formula is C20H22N2. The number of aromatic amines is 1. The summed E-state index contributed by atoms with van der Waals surface area (Å²) in [7, 11) is 0. The van der Waals surface area contributed by atoms with E-state index < -0.39 is 0 Å². The zero-order valence-corrected chi connectivity index (χ0v) is 13.2. The minimum absolute atomic E-state index is 0.0555. The van der Waals surface area contributed by atoms with Crippen LogP contribution >= 0.6 is 0 Å². The van der Waals surface area contributed by atoms with Gasteiger partial charge in [0.25, 0.3) is 0 Å². The summed E-state index contributed by atoms with van der Waals surface area (Å²) in [5, 5.41) is 0. The first-order valence-electron chi connectivity index (χ1n) is 7.79. The molecule has 0 unspecified atom stereocenters. The van der Waals surface area contributed by atoms with Crippen molar-refractivity contribution in [2.24, 2.45) is 0 Å². The monoisotopic (exact) mass is 290 g/mol. The predicted molar refractivity (Wildman–Crippen MR) is 91.0 cm³/mol. The topological polar surface area (TPSA) is 28.7 Å². The van der Waals surface area contributed by atoms with E-state index in [0.717, 1.165) is 12.8 Å². The number of nitrogens with one attached hydrogen (secondary N) is 1. The highest BCUT2D eigenvalue weighted by Crippen LogP contribution is 2.35. The fourth-order valence-corrected chi connectivity index (χ4v) is 3.07. The lowest BCUT2D eigenvalue weighted by Crippen LogP contribution is -2.25. The lowest BCUT2D eigenvalue weighted by Gasteiger charge is -2.29. The van der Waals surface area contributed by atoms with Gasteiger partial charge in [-0.15, -0.1) is 0 Å². The summed E-state index contributed by atoms with van der Waals surface area (Å²) < 4.78 is 0. The number of imidazole rings is 1. The number of H-pyrrole nitrogens is 1. The number of hydrogen-bond acceptors (Lipinski definition) is 1. The van der Waals surface area contributed by atoms with Gasteiger partial charge >= 0.3 is 0 Å². The van der Waals surface area contributed by atoms with E-state index >= 15 is 0 Å². The van der Waals surface area contributed by atoms with Gasteiger partial charge in [-0.2, -0.15) is 0 Å². The normalized spacial score (nSPS) is 13.7. The van der Waals surface area contributed by atoms with Gasteiger partial charge in [0.1, 0.15) is 0 Å². The van der Waals surface area contributed by atoms with Gasteiger partial charge < -0.3 is 4.98 Å². The van der Waals surface area contributed by atoms with Crippen LogP contribution in [0.15, 0.2) is 67.1 Å². The van der Waals surface area contributed by atoms with Crippen molar-refractivity contribution < 1.29 is 0 Å². The van der Waals surface area contributed by atoms with E-state index in [1.54, 1.807) is 6.33 Å². The number of nitrogens with zero attached hydrogens (tertiary/aromatic N) is 1. The van der Waals surface area contributed by atoms with Gasteiger partial charge in [0, 0.05) is 17.3 Å². The molecule has 1 N–H and O–H groups in total. The SMILES string of the molecule is Cc1ccccc1CC[C@@](C)(c1ccccc1)c1cnc[nH]1. The molecule has 0 fully saturated rings. The maximum absolute atomic E-state index is 4.23. The minimum atomic E-state index is -0.0555. The molecule has 2 heteroatoms. The second-order valence-corrected chi connectivity index (χ2v) is 6.09. The minimum Gasteiger partial charge on any atom is -0.348 e. The van der Waals surface area contributed by atoms with Crippen LogP contribution in [0.1, 0.15) is 35.7 Å². The Bertz CT molecular complexity index is 716. The molecule has 3 aromatic rings. The molecule has 0 aliphatic carbocycles. The molecule has 0 radical (unpaired) electrons. The molecule has 1 heterocycles. The van der Waals surface area contributed by atoms with E-state index in [9.17, 15) is 0 Å². The second kappa shape index (κ2) is 6.18. The van der Waals surface area contributed by atoms with Gasteiger partial charge in [-0.3, -0.25) is 0 Å². The van der Waals surface area contributed by atoms with Crippen molar-refractivity contribution in [1.82, 2.24) is 9.97 Å². The van der Waals surface area contributed by atoms with Crippen LogP contribution in [0.2, 0.25) is 0 Å². The standard InChI is InChI=1S/C20H22N2/c1-16-8-6-7-9-17(16)12-13-20(2,19-14-21-15-22-19)18-10-4-3-5-11-18/h3-11,14-15H,12-13H2,1-2H3,(H,21,22)/t20-/m0/s1. The van der Waals surface area contributed by atoms with Gasteiger partial charge in [0.05, 0.1) is 6.33 Å². The van der Waals surface area contributed by atoms with E-state index in [0.29, 0.717) is 0 Å². The van der Waals surface area contributed by atoms with Crippen LogP contribution in [-0.4, -0.2) is 9.97 Å². The highest BCUT2D eigenvalue weighted by molar-refractivity contribution is 5.35. The molecule has 0 bridgehead atoms. The van der Waals surface area contributed by atoms with Crippen LogP contribution in [0.4, 0.5) is 0 Å². The summed E-state index contributed by atoms with van der Waals surface area (Å²) in [6.07, 6.45) is 5.82. The zero-order valence-electron chi connectivity index (χ0n) is 13.2. The molecule has 0 saturated heterocycles. The highest BCUT2D eigenvalue weighted by Gasteiger charge is 2.30. The molecule has 0 spiro atoms. The Morgan fingerprint density at radius 3 is 2.41 bits per heavy atom. The van der Waals surface area contributed by atoms with Crippen molar-refractivity contribution in [3.05, 3.63) is 89.5 Å². The van der Waals surface area contributed by atoms with Crippen molar-refractivity contribution in [3.8, 4) is 0 Å². The summed E-state index contributed by atoms with van der Waals surface area (Å²) >= 11 is 0. The number of aromatic nitrogens is 2. The average molecular weight is 290 g/mol. The lowest BCUT2D eigenvalue weighted by atomic mass is 9.75. The maximum Gasteiger partial charge on any atom is 0.0922 e. The van der Waals surface area contributed by atoms with Gasteiger partial charge in [0.2, 0.25) is 0 Å². The maximum atomic E-state index is 4.23. The number of hydrogen-bond donors (Lipinski definition) is 1. The summed E-state index contributed by atoms with van der Waals surface area (Å²) in [5.74, 6) is 0. The molecule has 0 aliphatic heterocycles. The first-order valence-corrected chi connectivity index (χ1v) is 7.79. The van der Waals surface area contributed by atoms with E-state index in [-0.39, 0.29) is 5.41 Å². The van der Waals surface area contributed by atoms with Crippen LogP contribution in [0.5, 0.6) is 0 Å². The Labute approximate surface area is 132 Å². The van der Waals surface area contributed by atoms with Crippen LogP contribution in [0.3, 0.4) is 0 Å². The zero-order chi connectivity index (χ0) is 15.4. The predicted octanol–water partition coefficient (Wildman–Crippen LogP) is 4.66. The molecule has 0 amide bonds. The first-order chi connectivity index (χ1) is 10.7. The molecule has 2 aromatic carbocycles. The van der Waals surface area contributed by atoms with Crippen molar-refractivity contribution in [2.45, 2.75) is 32.1 Å². The molecule has 0 saturated carbocycles. The van der Waals surface area contributed by atoms with Crippen molar-refractivity contribution in [2.75, 3.05) is 0 Å². The number of benzene rings is 2. The largest absolute Gasteiger partial charge is 0.348 e. The van der Waals surface area contributed by atoms with Gasteiger partial charge in [0.15, 0.2) is 0 Å². The van der Waals surface area contributed by atoms with E-state index in [1.165, 1.54) is 22.4 Å². The summed E-state index contributed by atoms with van der Waals surface area (Å²) in [6, 6.07) is 19.3. The van der Waals surface area contributed by atoms with Crippen molar-refractivity contribution in [3.63, 3.8) is 0 Å². The number of aryl methyl sites for hydroxylation is 2. The summed E-state index contributed by atoms with van der Waals surface area (Å²) in [5.41, 5.74) is 5.23. The fraction of sp³-hybridized carbons (Fsp3) is 0.250. The Morgan fingerprint density at radius 2 is 1.73 bits per heavy atom. The quantitative estimate of drug-likeness (QED) is 0.727. The fourth-order valence-electron chi connectivity index (χ4n) is 3.07. The smallest absolute Gasteiger partial charge is 0.0922 e. The van der Waals surface area contributed by atoms with Gasteiger partial charge in [-0.1, -0.05) is 54.6 Å². The third-order valence-electron chi connectivity index (χ3n) is 4.66. The molecular weight excluding hydrogens is 268 g/mol. The Hall–Kier alpha value is -2.35. The molecule has 3 rings (SSSR count). The Balaban J connectivity index is 1.92. The Morgan fingerprint density at radius 1 is 1.00 bits per heavy atom. The molecule has 0 aliphatic rings. The molecule has 2 nitrogen and oxygen atoms in total. The van der Waals surface area contributed by atoms with E-state index in [1.807, 2.05) is 6.20 Å². The number of rotatable bonds is 5. The van der Waals surface area contributed by atoms with Crippen LogP contribution in [0.25, 0.3) is 0 Å². The third-order valence-corrected chi connectivity index (χ3v) is 4.66. The summed E-state index contributed by atoms with van der Waals surface area (Å²) in [6.45, 7) is 4.49. The van der Waals surface area contributed by atoms with Gasteiger partial charge in [-0.05, 0) is 43.4 Å². The van der Waals surface area contributed by atoms with Crippen LogP contribution < -0.4 is 0 Å². The lowest BCUT2D eigenvalue weighted by molar-refractivity contribution is 0.506. The molecule has 1 aromatic heterocycles. The highest BCUT2D eigenvalue weighted by atomic mass is 14.9. The molecule has 112 valence electrons. The van der Waals surface area contributed by atoms with Crippen molar-refractivity contribution >= 4 is 0 Å². The van der Waals surface area contributed by atoms with Gasteiger partial charge in [-0.25, -0.2) is 4.98 Å². The molecule has 22 heavy (non-hydrogen) atoms. The van der Waals surface area contributed by atoms with E-state index in [4.69, 9.17) is 0 Å². The van der Waals surface area contributed by atoms with Crippen molar-refractivity contribution in [1.29, 1.82) is 0 Å². The molecule has 1 atom stereocenters. The first kappa shape index (κ1) is 14.6. The Kier molecular flexibility index (Phi) is 4.10. The second-order valence-electron chi connectivity index (χ2n) is 6.09. The summed E-state index contributed by atoms with van der Waals surface area (Å²) in [4.78, 5) is 7.55. The van der Waals surface area contributed by atoms with Crippen LogP contribution in [-0.2, 0) is 11.8 Å². The van der Waals surface area contributed by atoms with E-state index in [2.05, 4.69) is 78.4 Å².